The first kappa shape index (κ1) is 16.2. The number of carbonyl (C=O) groups excluding carboxylic acids is 2. The van der Waals surface area contributed by atoms with E-state index in [0.717, 1.165) is 0 Å². The van der Waals surface area contributed by atoms with Gasteiger partial charge in [-0.3, -0.25) is 14.5 Å². The van der Waals surface area contributed by atoms with E-state index in [2.05, 4.69) is 0 Å². The Kier molecular flexibility index (Phi) is 4.09. The molecule has 1 aliphatic carbocycles. The van der Waals surface area contributed by atoms with E-state index in [1.165, 1.54) is 12.1 Å². The van der Waals surface area contributed by atoms with Crippen LogP contribution < -0.4 is 0 Å². The Morgan fingerprint density at radius 1 is 0.958 bits per heavy atom. The summed E-state index contributed by atoms with van der Waals surface area (Å²) in [4.78, 5) is 27.0. The number of aliphatic hydroxyl groups excluding tert-OH is 1. The topological polar surface area (TPSA) is 98.1 Å². The molecule has 124 valence electrons. The number of nitrogens with zero attached hydrogens (tertiary/aromatic N) is 1. The fourth-order valence-electron chi connectivity index (χ4n) is 2.94. The van der Waals surface area contributed by atoms with Gasteiger partial charge in [-0.1, -0.05) is 24.3 Å². The molecule has 0 radical (unpaired) electrons. The minimum Gasteiger partial charge on any atom is -0.504 e. The van der Waals surface area contributed by atoms with E-state index in [9.17, 15) is 19.8 Å². The van der Waals surface area contributed by atoms with Gasteiger partial charge < -0.3 is 15.3 Å². The van der Waals surface area contributed by atoms with Crippen LogP contribution in [-0.4, -0.2) is 52.0 Å². The summed E-state index contributed by atoms with van der Waals surface area (Å²) in [6.07, 6.45) is 0. The number of hydrogen-bond acceptors (Lipinski definition) is 6. The molecule has 0 fully saturated rings. The van der Waals surface area contributed by atoms with Crippen LogP contribution in [0.5, 0.6) is 11.5 Å². The third kappa shape index (κ3) is 2.46. The van der Waals surface area contributed by atoms with E-state index >= 15 is 0 Å². The molecule has 6 nitrogen and oxygen atoms in total. The highest BCUT2D eigenvalue weighted by atomic mass is 16.3. The van der Waals surface area contributed by atoms with Gasteiger partial charge in [0, 0.05) is 35.3 Å². The van der Waals surface area contributed by atoms with E-state index in [-0.39, 0.29) is 41.2 Å². The van der Waals surface area contributed by atoms with Crippen LogP contribution in [0.1, 0.15) is 37.4 Å². The van der Waals surface area contributed by atoms with Crippen molar-refractivity contribution < 1.29 is 24.9 Å². The number of fused-ring (bicyclic) bond motifs is 2. The molecule has 1 aliphatic rings. The van der Waals surface area contributed by atoms with Crippen LogP contribution in [0.15, 0.2) is 30.3 Å². The van der Waals surface area contributed by atoms with Gasteiger partial charge in [-0.05, 0) is 13.1 Å². The first-order valence-electron chi connectivity index (χ1n) is 7.51. The van der Waals surface area contributed by atoms with Crippen LogP contribution in [-0.2, 0) is 6.54 Å². The van der Waals surface area contributed by atoms with Crippen molar-refractivity contribution >= 4 is 11.6 Å². The van der Waals surface area contributed by atoms with E-state index in [0.29, 0.717) is 12.1 Å². The molecule has 24 heavy (non-hydrogen) atoms. The quantitative estimate of drug-likeness (QED) is 0.625. The predicted octanol–water partition coefficient (Wildman–Crippen LogP) is 1.30. The third-order valence-corrected chi connectivity index (χ3v) is 4.16. The van der Waals surface area contributed by atoms with Gasteiger partial charge in [0.25, 0.3) is 0 Å². The molecule has 0 amide bonds. The Bertz CT molecular complexity index is 844. The predicted molar refractivity (Wildman–Crippen MR) is 86.5 cm³/mol. The summed E-state index contributed by atoms with van der Waals surface area (Å²) >= 11 is 0. The van der Waals surface area contributed by atoms with E-state index in [1.807, 2.05) is 0 Å². The molecule has 6 heteroatoms. The lowest BCUT2D eigenvalue weighted by atomic mass is 9.82. The molecule has 0 aliphatic heterocycles. The largest absolute Gasteiger partial charge is 0.504 e. The Morgan fingerprint density at radius 2 is 1.58 bits per heavy atom. The number of phenolic OH excluding ortho intramolecular Hbond substituents is 2. The van der Waals surface area contributed by atoms with Crippen molar-refractivity contribution in [1.82, 2.24) is 4.90 Å². The summed E-state index contributed by atoms with van der Waals surface area (Å²) in [5.41, 5.74) is 0.749. The third-order valence-electron chi connectivity index (χ3n) is 4.16. The van der Waals surface area contributed by atoms with Gasteiger partial charge in [0.2, 0.25) is 0 Å². The van der Waals surface area contributed by atoms with Gasteiger partial charge in [0.05, 0.1) is 12.2 Å². The summed E-state index contributed by atoms with van der Waals surface area (Å²) < 4.78 is 0. The highest BCUT2D eigenvalue weighted by Gasteiger charge is 2.34. The second kappa shape index (κ2) is 6.07. The van der Waals surface area contributed by atoms with Crippen molar-refractivity contribution in [1.29, 1.82) is 0 Å². The van der Waals surface area contributed by atoms with Gasteiger partial charge in [0.15, 0.2) is 23.1 Å². The number of phenols is 2. The number of benzene rings is 2. The molecule has 0 unspecified atom stereocenters. The Morgan fingerprint density at radius 3 is 2.21 bits per heavy atom. The summed E-state index contributed by atoms with van der Waals surface area (Å²) in [5.74, 6) is -1.84. The van der Waals surface area contributed by atoms with Crippen molar-refractivity contribution in [3.05, 3.63) is 58.1 Å². The maximum atomic E-state index is 12.7. The van der Waals surface area contributed by atoms with E-state index in [4.69, 9.17) is 5.11 Å². The fourth-order valence-corrected chi connectivity index (χ4v) is 2.94. The standard InChI is InChI=1S/C18H17NO5/c1-19(6-7-20)9-10-8-13-14(18(24)15(10)21)17(23)12-5-3-2-4-11(12)16(13)22/h2-5,8,20-21,24H,6-7,9H2,1H3. The molecular formula is C18H17NO5. The molecule has 0 aromatic heterocycles. The molecule has 0 bridgehead atoms. The number of carbonyl (C=O) groups is 2. The van der Waals surface area contributed by atoms with Gasteiger partial charge in [-0.25, -0.2) is 0 Å². The SMILES string of the molecule is CN(CCO)Cc1cc2c(c(O)c1O)C(=O)c1ccccc1C2=O. The maximum Gasteiger partial charge on any atom is 0.198 e. The zero-order valence-electron chi connectivity index (χ0n) is 13.1. The number of ketones is 2. The zero-order chi connectivity index (χ0) is 17.4. The number of likely N-dealkylation sites (N-methyl/N-ethyl adjacent to an activating group) is 1. The molecule has 0 saturated carbocycles. The Balaban J connectivity index is 2.14. The van der Waals surface area contributed by atoms with Gasteiger partial charge in [-0.2, -0.15) is 0 Å². The Hall–Kier alpha value is -2.70. The van der Waals surface area contributed by atoms with Crippen LogP contribution in [0.25, 0.3) is 0 Å². The first-order valence-corrected chi connectivity index (χ1v) is 7.51. The van der Waals surface area contributed by atoms with E-state index in [1.54, 1.807) is 30.1 Å². The van der Waals surface area contributed by atoms with Crippen LogP contribution in [0, 0.1) is 0 Å². The number of aromatic hydroxyl groups is 2. The number of rotatable bonds is 4. The van der Waals surface area contributed by atoms with Crippen molar-refractivity contribution in [2.75, 3.05) is 20.2 Å². The summed E-state index contributed by atoms with van der Waals surface area (Å²) in [6.45, 7) is 0.530. The average Bonchev–Trinajstić information content (AvgIpc) is 2.57. The zero-order valence-corrected chi connectivity index (χ0v) is 13.1. The van der Waals surface area contributed by atoms with Crippen LogP contribution in [0.2, 0.25) is 0 Å². The maximum absolute atomic E-state index is 12.7. The van der Waals surface area contributed by atoms with Gasteiger partial charge in [-0.15, -0.1) is 0 Å². The molecule has 0 spiro atoms. The van der Waals surface area contributed by atoms with Crippen LogP contribution >= 0.6 is 0 Å². The van der Waals surface area contributed by atoms with E-state index < -0.39 is 17.3 Å². The molecule has 0 saturated heterocycles. The highest BCUT2D eigenvalue weighted by molar-refractivity contribution is 6.29. The second-order valence-electron chi connectivity index (χ2n) is 5.82. The molecule has 2 aromatic rings. The molecule has 3 rings (SSSR count). The fraction of sp³-hybridized carbons (Fsp3) is 0.222. The first-order chi connectivity index (χ1) is 11.5. The minimum atomic E-state index is -0.576. The Labute approximate surface area is 138 Å². The smallest absolute Gasteiger partial charge is 0.198 e. The molecular weight excluding hydrogens is 310 g/mol. The normalized spacial score (nSPS) is 13.1. The molecule has 3 N–H and O–H groups in total. The number of aliphatic hydroxyl groups is 1. The van der Waals surface area contributed by atoms with Crippen molar-refractivity contribution in [2.24, 2.45) is 0 Å². The van der Waals surface area contributed by atoms with Crippen molar-refractivity contribution in [3.63, 3.8) is 0 Å². The minimum absolute atomic E-state index is 0.0566. The lowest BCUT2D eigenvalue weighted by Crippen LogP contribution is -2.24. The second-order valence-corrected chi connectivity index (χ2v) is 5.82. The summed E-state index contributed by atoms with van der Waals surface area (Å²) in [5, 5.41) is 29.5. The van der Waals surface area contributed by atoms with Crippen LogP contribution in [0.4, 0.5) is 0 Å². The van der Waals surface area contributed by atoms with Crippen molar-refractivity contribution in [2.45, 2.75) is 6.54 Å². The van der Waals surface area contributed by atoms with Gasteiger partial charge in [0.1, 0.15) is 0 Å². The molecule has 2 aromatic carbocycles. The molecule has 0 atom stereocenters. The van der Waals surface area contributed by atoms with Gasteiger partial charge >= 0.3 is 0 Å². The highest BCUT2D eigenvalue weighted by Crippen LogP contribution is 2.40. The summed E-state index contributed by atoms with van der Waals surface area (Å²) in [6, 6.07) is 7.85. The summed E-state index contributed by atoms with van der Waals surface area (Å²) in [7, 11) is 1.73. The molecule has 0 heterocycles. The monoisotopic (exact) mass is 327 g/mol. The average molecular weight is 327 g/mol. The number of hydrogen-bond donors (Lipinski definition) is 3. The lowest BCUT2D eigenvalue weighted by Gasteiger charge is -2.22. The van der Waals surface area contributed by atoms with Crippen molar-refractivity contribution in [3.8, 4) is 11.5 Å². The van der Waals surface area contributed by atoms with Crippen LogP contribution in [0.3, 0.4) is 0 Å². The lowest BCUT2D eigenvalue weighted by molar-refractivity contribution is 0.0976.